The fraction of sp³-hybridized carbons (Fsp3) is 0.267. The van der Waals surface area contributed by atoms with E-state index in [0.717, 1.165) is 17.0 Å². The van der Waals surface area contributed by atoms with Crippen LogP contribution in [-0.4, -0.2) is 81.7 Å². The molecule has 0 spiro atoms. The molecule has 0 N–H and O–H groups in total. The van der Waals surface area contributed by atoms with Crippen LogP contribution in [0, 0.1) is 0 Å². The predicted molar refractivity (Wildman–Crippen MR) is 154 cm³/mol. The van der Waals surface area contributed by atoms with E-state index in [1.807, 2.05) is 71.0 Å². The van der Waals surface area contributed by atoms with Crippen LogP contribution in [0.15, 0.2) is 78.0 Å². The first-order valence-electron chi connectivity index (χ1n) is 13.3. The van der Waals surface area contributed by atoms with Gasteiger partial charge in [-0.05, 0) is 49.4 Å². The third-order valence-electron chi connectivity index (χ3n) is 7.16. The Morgan fingerprint density at radius 1 is 0.976 bits per heavy atom. The number of ether oxygens (including phenoxy) is 3. The Hall–Kier alpha value is -4.51. The van der Waals surface area contributed by atoms with Crippen LogP contribution in [0.5, 0.6) is 17.2 Å². The largest absolute Gasteiger partial charge is 0.497 e. The lowest BCUT2D eigenvalue weighted by molar-refractivity contribution is -0.130. The van der Waals surface area contributed by atoms with E-state index in [2.05, 4.69) is 10.2 Å². The summed E-state index contributed by atoms with van der Waals surface area (Å²) < 4.78 is 18.1. The van der Waals surface area contributed by atoms with Crippen LogP contribution in [0.4, 0.5) is 0 Å². The normalized spacial score (nSPS) is 16.1. The minimum Gasteiger partial charge on any atom is -0.497 e. The van der Waals surface area contributed by atoms with Gasteiger partial charge in [-0.2, -0.15) is 0 Å². The summed E-state index contributed by atoms with van der Waals surface area (Å²) in [5.74, 6) is 2.70. The monoisotopic (exact) mass is 571 g/mol. The van der Waals surface area contributed by atoms with E-state index < -0.39 is 0 Å². The highest BCUT2D eigenvalue weighted by Gasteiger charge is 2.31. The lowest BCUT2D eigenvalue weighted by Gasteiger charge is -2.40. The third kappa shape index (κ3) is 5.45. The number of para-hydroxylation sites is 1. The van der Waals surface area contributed by atoms with Crippen LogP contribution in [0.3, 0.4) is 0 Å². The van der Waals surface area contributed by atoms with Crippen molar-refractivity contribution in [2.45, 2.75) is 18.1 Å². The van der Waals surface area contributed by atoms with Gasteiger partial charge < -0.3 is 24.0 Å². The number of carbonyl (C=O) groups is 2. The van der Waals surface area contributed by atoms with Crippen molar-refractivity contribution in [1.82, 2.24) is 24.6 Å². The molecule has 0 aliphatic carbocycles. The van der Waals surface area contributed by atoms with Gasteiger partial charge in [-0.3, -0.25) is 14.2 Å². The first-order chi connectivity index (χ1) is 20.0. The third-order valence-corrected chi connectivity index (χ3v) is 8.07. The van der Waals surface area contributed by atoms with Crippen molar-refractivity contribution in [3.8, 4) is 34.3 Å². The minimum atomic E-state index is -0.136. The molecule has 1 fully saturated rings. The summed E-state index contributed by atoms with van der Waals surface area (Å²) in [7, 11) is 1.63. The number of nitrogens with zero attached hydrogens (tertiary/aromatic N) is 5. The van der Waals surface area contributed by atoms with E-state index >= 15 is 0 Å². The smallest absolute Gasteiger partial charge is 0.254 e. The summed E-state index contributed by atoms with van der Waals surface area (Å²) in [6.45, 7) is 3.48. The van der Waals surface area contributed by atoms with Gasteiger partial charge in [-0.25, -0.2) is 0 Å². The Labute approximate surface area is 241 Å². The predicted octanol–water partition coefficient (Wildman–Crippen LogP) is 4.14. The number of carbonyl (C=O) groups excluding carboxylic acids is 2. The van der Waals surface area contributed by atoms with Gasteiger partial charge >= 0.3 is 0 Å². The SMILES string of the molecule is COc1cccc(-c2nnc(SCC(=O)N3CCN(C(=O)c4ccc5c(c4)OCO5)C(C)C3)n2-c2ccccc2)c1. The highest BCUT2D eigenvalue weighted by molar-refractivity contribution is 7.99. The first-order valence-corrected chi connectivity index (χ1v) is 14.3. The van der Waals surface area contributed by atoms with Crippen LogP contribution in [0.2, 0.25) is 0 Å². The minimum absolute atomic E-state index is 0.0115. The number of amides is 2. The molecule has 1 unspecified atom stereocenters. The molecule has 6 rings (SSSR count). The van der Waals surface area contributed by atoms with Gasteiger partial charge in [0.2, 0.25) is 12.7 Å². The summed E-state index contributed by atoms with van der Waals surface area (Å²) >= 11 is 1.35. The Morgan fingerprint density at radius 3 is 2.61 bits per heavy atom. The van der Waals surface area contributed by atoms with Crippen LogP contribution in [0.25, 0.3) is 17.1 Å². The van der Waals surface area contributed by atoms with Gasteiger partial charge in [0.25, 0.3) is 5.91 Å². The van der Waals surface area contributed by atoms with E-state index in [1.54, 1.807) is 30.2 Å². The van der Waals surface area contributed by atoms with Crippen molar-refractivity contribution in [3.05, 3.63) is 78.4 Å². The molecule has 11 heteroatoms. The molecule has 1 saturated heterocycles. The number of aromatic nitrogens is 3. The molecule has 2 aliphatic heterocycles. The Bertz CT molecular complexity index is 1580. The maximum Gasteiger partial charge on any atom is 0.254 e. The van der Waals surface area contributed by atoms with Crippen molar-refractivity contribution in [2.75, 3.05) is 39.3 Å². The number of fused-ring (bicyclic) bond motifs is 1. The van der Waals surface area contributed by atoms with Gasteiger partial charge in [0.15, 0.2) is 22.5 Å². The van der Waals surface area contributed by atoms with Gasteiger partial charge in [-0.15, -0.1) is 10.2 Å². The molecule has 10 nitrogen and oxygen atoms in total. The molecule has 3 heterocycles. The second kappa shape index (κ2) is 11.5. The second-order valence-corrected chi connectivity index (χ2v) is 10.7. The molecule has 1 aromatic heterocycles. The Kier molecular flexibility index (Phi) is 7.51. The Balaban J connectivity index is 1.14. The van der Waals surface area contributed by atoms with Crippen molar-refractivity contribution in [3.63, 3.8) is 0 Å². The maximum atomic E-state index is 13.3. The maximum absolute atomic E-state index is 13.3. The van der Waals surface area contributed by atoms with Crippen molar-refractivity contribution >= 4 is 23.6 Å². The molecule has 3 aromatic carbocycles. The highest BCUT2D eigenvalue weighted by Crippen LogP contribution is 2.33. The average Bonchev–Trinajstić information content (AvgIpc) is 3.67. The van der Waals surface area contributed by atoms with Crippen LogP contribution in [-0.2, 0) is 4.79 Å². The molecule has 4 aromatic rings. The van der Waals surface area contributed by atoms with E-state index in [-0.39, 0.29) is 30.4 Å². The van der Waals surface area contributed by atoms with E-state index in [9.17, 15) is 9.59 Å². The zero-order valence-corrected chi connectivity index (χ0v) is 23.5. The van der Waals surface area contributed by atoms with Crippen molar-refractivity contribution < 1.29 is 23.8 Å². The molecule has 1 atom stereocenters. The van der Waals surface area contributed by atoms with Crippen LogP contribution in [0.1, 0.15) is 17.3 Å². The highest BCUT2D eigenvalue weighted by atomic mass is 32.2. The molecule has 41 heavy (non-hydrogen) atoms. The molecular formula is C30H29N5O5S. The van der Waals surface area contributed by atoms with Crippen LogP contribution >= 0.6 is 11.8 Å². The second-order valence-electron chi connectivity index (χ2n) is 9.75. The number of hydrogen-bond donors (Lipinski definition) is 0. The lowest BCUT2D eigenvalue weighted by Crippen LogP contribution is -2.55. The fourth-order valence-corrected chi connectivity index (χ4v) is 5.88. The quantitative estimate of drug-likeness (QED) is 0.306. The fourth-order valence-electron chi connectivity index (χ4n) is 5.02. The summed E-state index contributed by atoms with van der Waals surface area (Å²) in [5.41, 5.74) is 2.30. The number of benzene rings is 3. The standard InChI is InChI=1S/C30H29N5O5S/c1-20-17-33(13-14-34(20)29(37)22-11-12-25-26(16-22)40-19-39-25)27(36)18-41-30-32-31-28(21-7-6-10-24(15-21)38-2)35(30)23-8-4-3-5-9-23/h3-12,15-16,20H,13-14,17-19H2,1-2H3. The number of rotatable bonds is 7. The molecule has 210 valence electrons. The molecule has 0 saturated carbocycles. The molecular weight excluding hydrogens is 542 g/mol. The van der Waals surface area contributed by atoms with Gasteiger partial charge in [0, 0.05) is 42.5 Å². The van der Waals surface area contributed by atoms with Crippen molar-refractivity contribution in [1.29, 1.82) is 0 Å². The topological polar surface area (TPSA) is 99.0 Å². The average molecular weight is 572 g/mol. The summed E-state index contributed by atoms with van der Waals surface area (Å²) in [5, 5.41) is 9.53. The molecule has 2 aliphatic rings. The zero-order valence-electron chi connectivity index (χ0n) is 22.7. The van der Waals surface area contributed by atoms with E-state index in [4.69, 9.17) is 14.2 Å². The summed E-state index contributed by atoms with van der Waals surface area (Å²) in [6, 6.07) is 22.6. The van der Waals surface area contributed by atoms with E-state index in [0.29, 0.717) is 47.7 Å². The van der Waals surface area contributed by atoms with E-state index in [1.165, 1.54) is 11.8 Å². The summed E-state index contributed by atoms with van der Waals surface area (Å²) in [4.78, 5) is 30.1. The van der Waals surface area contributed by atoms with Gasteiger partial charge in [-0.1, -0.05) is 42.1 Å². The first kappa shape index (κ1) is 26.7. The number of methoxy groups -OCH3 is 1. The zero-order chi connectivity index (χ0) is 28.3. The summed E-state index contributed by atoms with van der Waals surface area (Å²) in [6.07, 6.45) is 0. The van der Waals surface area contributed by atoms with Gasteiger partial charge in [0.1, 0.15) is 5.75 Å². The lowest BCUT2D eigenvalue weighted by atomic mass is 10.1. The Morgan fingerprint density at radius 2 is 1.80 bits per heavy atom. The van der Waals surface area contributed by atoms with Crippen molar-refractivity contribution in [2.24, 2.45) is 0 Å². The molecule has 0 bridgehead atoms. The van der Waals surface area contributed by atoms with Crippen LogP contribution < -0.4 is 14.2 Å². The molecule has 0 radical (unpaired) electrons. The number of hydrogen-bond acceptors (Lipinski definition) is 8. The van der Waals surface area contributed by atoms with Gasteiger partial charge in [0.05, 0.1) is 12.9 Å². The number of thioether (sulfide) groups is 1. The molecule has 2 amide bonds. The number of piperazine rings is 1.